The van der Waals surface area contributed by atoms with Crippen LogP contribution in [0.4, 0.5) is 0 Å². The van der Waals surface area contributed by atoms with Gasteiger partial charge in [0, 0.05) is 51.9 Å². The molecule has 0 bridgehead atoms. The summed E-state index contributed by atoms with van der Waals surface area (Å²) in [4.78, 5) is 7.09. The molecule has 5 rings (SSSR count). The lowest BCUT2D eigenvalue weighted by atomic mass is 10.00. The van der Waals surface area contributed by atoms with E-state index in [4.69, 9.17) is 9.15 Å². The largest absolute Gasteiger partial charge is 0.441 e. The summed E-state index contributed by atoms with van der Waals surface area (Å²) >= 11 is 1.83. The highest BCUT2D eigenvalue weighted by Crippen LogP contribution is 2.28. The third-order valence-corrected chi connectivity index (χ3v) is 7.62. The van der Waals surface area contributed by atoms with Gasteiger partial charge in [-0.2, -0.15) is 0 Å². The van der Waals surface area contributed by atoms with Crippen LogP contribution in [0.25, 0.3) is 11.1 Å². The van der Waals surface area contributed by atoms with Gasteiger partial charge in [0.05, 0.1) is 0 Å². The summed E-state index contributed by atoms with van der Waals surface area (Å²) in [6.07, 6.45) is 5.42. The Morgan fingerprint density at radius 3 is 2.62 bits per heavy atom. The third-order valence-electron chi connectivity index (χ3n) is 6.52. The number of nitrogens with zero attached hydrogens (tertiary/aromatic N) is 5. The summed E-state index contributed by atoms with van der Waals surface area (Å²) in [7, 11) is 2.10. The van der Waals surface area contributed by atoms with Crippen molar-refractivity contribution in [3.63, 3.8) is 0 Å². The van der Waals surface area contributed by atoms with E-state index >= 15 is 0 Å². The number of fused-ring (bicyclic) bond motifs is 2. The number of aryl methyl sites for hydroxylation is 1. The van der Waals surface area contributed by atoms with Crippen molar-refractivity contribution in [2.75, 3.05) is 38.6 Å². The van der Waals surface area contributed by atoms with Gasteiger partial charge in [-0.15, -0.1) is 22.6 Å². The normalized spacial score (nSPS) is 17.8. The maximum absolute atomic E-state index is 5.73. The van der Waals surface area contributed by atoms with Gasteiger partial charge in [0.15, 0.2) is 16.6 Å². The van der Waals surface area contributed by atoms with E-state index in [1.54, 1.807) is 0 Å². The molecule has 0 amide bonds. The minimum atomic E-state index is 0. The molecule has 0 aliphatic carbocycles. The number of halogens is 1. The molecule has 2 aliphatic rings. The fourth-order valence-corrected chi connectivity index (χ4v) is 5.59. The molecule has 0 unspecified atom stereocenters. The number of hydrogen-bond donors (Lipinski definition) is 0. The predicted octanol–water partition coefficient (Wildman–Crippen LogP) is 4.16. The summed E-state index contributed by atoms with van der Waals surface area (Å²) in [6.45, 7) is 6.92. The first kappa shape index (κ1) is 23.5. The summed E-state index contributed by atoms with van der Waals surface area (Å²) in [5.41, 5.74) is 4.76. The predicted molar refractivity (Wildman–Crippen MR) is 129 cm³/mol. The molecule has 2 aromatic heterocycles. The molecule has 1 saturated heterocycles. The molecule has 0 saturated carbocycles. The van der Waals surface area contributed by atoms with Crippen molar-refractivity contribution in [1.82, 2.24) is 24.6 Å². The van der Waals surface area contributed by atoms with Crippen LogP contribution >= 0.6 is 24.2 Å². The van der Waals surface area contributed by atoms with Gasteiger partial charge in [-0.05, 0) is 61.9 Å². The second kappa shape index (κ2) is 10.5. The topological polar surface area (TPSA) is 69.2 Å². The quantitative estimate of drug-likeness (QED) is 0.390. The van der Waals surface area contributed by atoms with E-state index in [-0.39, 0.29) is 12.4 Å². The highest BCUT2D eigenvalue weighted by atomic mass is 35.5. The molecular weight excluding hydrogens is 446 g/mol. The van der Waals surface area contributed by atoms with Crippen molar-refractivity contribution in [3.05, 3.63) is 35.0 Å². The van der Waals surface area contributed by atoms with E-state index in [0.29, 0.717) is 5.92 Å². The molecule has 3 aromatic rings. The molecule has 0 atom stereocenters. The summed E-state index contributed by atoms with van der Waals surface area (Å²) < 4.78 is 13.4. The van der Waals surface area contributed by atoms with Crippen LogP contribution in [-0.4, -0.2) is 63.2 Å². The zero-order chi connectivity index (χ0) is 21.2. The van der Waals surface area contributed by atoms with E-state index in [1.807, 2.05) is 18.7 Å². The van der Waals surface area contributed by atoms with Crippen LogP contribution in [0, 0.1) is 6.92 Å². The smallest absolute Gasteiger partial charge is 0.192 e. The van der Waals surface area contributed by atoms with Crippen molar-refractivity contribution in [3.8, 4) is 0 Å². The number of benzene rings is 1. The number of ether oxygens (including phenoxy) is 1. The highest BCUT2D eigenvalue weighted by molar-refractivity contribution is 7.99. The second-order valence-corrected chi connectivity index (χ2v) is 9.71. The number of rotatable bonds is 6. The average molecular weight is 478 g/mol. The van der Waals surface area contributed by atoms with E-state index in [1.165, 1.54) is 11.1 Å². The number of aromatic nitrogens is 4. The summed E-state index contributed by atoms with van der Waals surface area (Å²) in [6, 6.07) is 4.43. The van der Waals surface area contributed by atoms with Crippen LogP contribution < -0.4 is 0 Å². The Balaban J connectivity index is 0.00000245. The van der Waals surface area contributed by atoms with Crippen LogP contribution in [-0.2, 0) is 24.6 Å². The lowest BCUT2D eigenvalue weighted by molar-refractivity contribution is 0.0828. The molecule has 0 radical (unpaired) electrons. The molecule has 2 aliphatic heterocycles. The van der Waals surface area contributed by atoms with Crippen LogP contribution in [0.3, 0.4) is 0 Å². The fourth-order valence-electron chi connectivity index (χ4n) is 4.75. The standard InChI is InChI=1S/C23H31N5O2S.ClH/c1-16-24-20-14-18-4-9-28(10-5-19(18)15-21(20)30-16)8-3-13-31-23-26-25-22(27(23)2)17-6-11-29-12-7-17;/h14-15,17H,3-13H2,1-2H3;1H. The van der Waals surface area contributed by atoms with Crippen molar-refractivity contribution >= 4 is 35.3 Å². The van der Waals surface area contributed by atoms with Gasteiger partial charge in [0.1, 0.15) is 11.3 Å². The van der Waals surface area contributed by atoms with E-state index in [0.717, 1.165) is 98.7 Å². The first-order valence-corrected chi connectivity index (χ1v) is 12.4. The minimum absolute atomic E-state index is 0. The fraction of sp³-hybridized carbons (Fsp3) is 0.609. The number of thioether (sulfide) groups is 1. The lowest BCUT2D eigenvalue weighted by Gasteiger charge is -2.21. The Kier molecular flexibility index (Phi) is 7.76. The SMILES string of the molecule is Cc1nc2cc3c(cc2o1)CCN(CCCSc1nnc(C2CCOCC2)n1C)CC3.Cl. The van der Waals surface area contributed by atoms with Crippen molar-refractivity contribution in [1.29, 1.82) is 0 Å². The van der Waals surface area contributed by atoms with E-state index in [2.05, 4.69) is 43.8 Å². The second-order valence-electron chi connectivity index (χ2n) is 8.65. The Morgan fingerprint density at radius 2 is 1.84 bits per heavy atom. The zero-order valence-electron chi connectivity index (χ0n) is 18.9. The van der Waals surface area contributed by atoms with Crippen molar-refractivity contribution in [2.24, 2.45) is 7.05 Å². The van der Waals surface area contributed by atoms with Crippen LogP contribution in [0.1, 0.15) is 48.0 Å². The minimum Gasteiger partial charge on any atom is -0.441 e. The first-order chi connectivity index (χ1) is 15.2. The number of hydrogen-bond acceptors (Lipinski definition) is 7. The Bertz CT molecular complexity index is 1000. The molecule has 0 N–H and O–H groups in total. The molecule has 0 spiro atoms. The molecule has 4 heterocycles. The molecule has 174 valence electrons. The maximum Gasteiger partial charge on any atom is 0.192 e. The highest BCUT2D eigenvalue weighted by Gasteiger charge is 2.22. The van der Waals surface area contributed by atoms with Crippen LogP contribution in [0.5, 0.6) is 0 Å². The van der Waals surface area contributed by atoms with Gasteiger partial charge in [-0.25, -0.2) is 4.98 Å². The zero-order valence-corrected chi connectivity index (χ0v) is 20.5. The Morgan fingerprint density at radius 1 is 1.09 bits per heavy atom. The lowest BCUT2D eigenvalue weighted by Crippen LogP contribution is -2.27. The van der Waals surface area contributed by atoms with Gasteiger partial charge in [0.25, 0.3) is 0 Å². The maximum atomic E-state index is 5.73. The Hall–Kier alpha value is -1.61. The van der Waals surface area contributed by atoms with E-state index < -0.39 is 0 Å². The van der Waals surface area contributed by atoms with Gasteiger partial charge in [-0.3, -0.25) is 0 Å². The van der Waals surface area contributed by atoms with Gasteiger partial charge in [0.2, 0.25) is 0 Å². The molecule has 1 fully saturated rings. The summed E-state index contributed by atoms with van der Waals surface area (Å²) in [5.74, 6) is 3.42. The van der Waals surface area contributed by atoms with Crippen LogP contribution in [0.2, 0.25) is 0 Å². The van der Waals surface area contributed by atoms with Gasteiger partial charge >= 0.3 is 0 Å². The number of oxazole rings is 1. The van der Waals surface area contributed by atoms with Gasteiger partial charge in [-0.1, -0.05) is 11.8 Å². The van der Waals surface area contributed by atoms with Gasteiger partial charge < -0.3 is 18.6 Å². The average Bonchev–Trinajstić information content (AvgIpc) is 3.26. The Labute approximate surface area is 199 Å². The molecular formula is C23H32ClN5O2S. The first-order valence-electron chi connectivity index (χ1n) is 11.4. The molecule has 32 heavy (non-hydrogen) atoms. The summed E-state index contributed by atoms with van der Waals surface area (Å²) in [5, 5.41) is 9.97. The van der Waals surface area contributed by atoms with E-state index in [9.17, 15) is 0 Å². The van der Waals surface area contributed by atoms with Crippen molar-refractivity contribution < 1.29 is 9.15 Å². The third kappa shape index (κ3) is 5.14. The van der Waals surface area contributed by atoms with Crippen molar-refractivity contribution in [2.45, 2.75) is 50.1 Å². The van der Waals surface area contributed by atoms with Crippen LogP contribution in [0.15, 0.2) is 21.7 Å². The monoisotopic (exact) mass is 477 g/mol. The molecule has 9 heteroatoms. The molecule has 7 nitrogen and oxygen atoms in total. The molecule has 1 aromatic carbocycles.